The molecule has 0 atom stereocenters. The van der Waals surface area contributed by atoms with Gasteiger partial charge in [-0.3, -0.25) is 0 Å². The van der Waals surface area contributed by atoms with Crippen LogP contribution < -0.4 is 0 Å². The Morgan fingerprint density at radius 1 is 1.35 bits per heavy atom. The summed E-state index contributed by atoms with van der Waals surface area (Å²) in [5, 5.41) is 0.911. The van der Waals surface area contributed by atoms with Gasteiger partial charge in [-0.2, -0.15) is 0 Å². The molecule has 5 heteroatoms. The maximum Gasteiger partial charge on any atom is 0.155 e. The fourth-order valence-electron chi connectivity index (χ4n) is 1.44. The zero-order valence-electron chi connectivity index (χ0n) is 10.1. The summed E-state index contributed by atoms with van der Waals surface area (Å²) in [6, 6.07) is 3.89. The molecule has 0 fully saturated rings. The van der Waals surface area contributed by atoms with Crippen LogP contribution in [0.4, 0.5) is 0 Å². The quantitative estimate of drug-likeness (QED) is 0.781. The van der Waals surface area contributed by atoms with Crippen molar-refractivity contribution in [1.82, 2.24) is 9.97 Å². The van der Waals surface area contributed by atoms with E-state index in [4.69, 9.17) is 9.15 Å². The molecule has 17 heavy (non-hydrogen) atoms. The topological polar surface area (TPSA) is 48.2 Å². The van der Waals surface area contributed by atoms with Gasteiger partial charge in [-0.15, -0.1) is 0 Å². The maximum atomic E-state index is 5.26. The predicted octanol–water partition coefficient (Wildman–Crippen LogP) is 2.98. The Morgan fingerprint density at radius 3 is 2.82 bits per heavy atom. The molecule has 0 aliphatic rings. The summed E-state index contributed by atoms with van der Waals surface area (Å²) < 4.78 is 10.3. The van der Waals surface area contributed by atoms with Gasteiger partial charge in [-0.25, -0.2) is 9.97 Å². The Bertz CT molecular complexity index is 511. The number of hydrogen-bond acceptors (Lipinski definition) is 5. The van der Waals surface area contributed by atoms with Gasteiger partial charge in [-0.05, 0) is 26.0 Å². The third-order valence-corrected chi connectivity index (χ3v) is 3.24. The van der Waals surface area contributed by atoms with E-state index < -0.39 is 0 Å². The molecule has 2 heterocycles. The zero-order chi connectivity index (χ0) is 12.3. The number of furan rings is 1. The summed E-state index contributed by atoms with van der Waals surface area (Å²) in [7, 11) is 1.64. The summed E-state index contributed by atoms with van der Waals surface area (Å²) in [6.07, 6.45) is 1.68. The van der Waals surface area contributed by atoms with E-state index in [1.165, 1.54) is 0 Å². The Kier molecular flexibility index (Phi) is 3.81. The van der Waals surface area contributed by atoms with Crippen LogP contribution in [0.3, 0.4) is 0 Å². The van der Waals surface area contributed by atoms with Crippen molar-refractivity contribution < 1.29 is 9.15 Å². The highest BCUT2D eigenvalue weighted by Gasteiger charge is 2.07. The minimum atomic E-state index is 0.430. The number of nitrogens with zero attached hydrogens (tertiary/aromatic N) is 2. The first kappa shape index (κ1) is 12.1. The first-order chi connectivity index (χ1) is 8.19. The minimum Gasteiger partial charge on any atom is -0.468 e. The minimum absolute atomic E-state index is 0.430. The van der Waals surface area contributed by atoms with E-state index >= 15 is 0 Å². The van der Waals surface area contributed by atoms with Gasteiger partial charge >= 0.3 is 0 Å². The summed E-state index contributed by atoms with van der Waals surface area (Å²) >= 11 is 1.57. The molecule has 0 bridgehead atoms. The number of aromatic nitrogens is 2. The molecule has 0 aliphatic heterocycles. The van der Waals surface area contributed by atoms with Gasteiger partial charge < -0.3 is 9.15 Å². The van der Waals surface area contributed by atoms with E-state index in [0.717, 1.165) is 21.4 Å². The first-order valence-electron chi connectivity index (χ1n) is 5.24. The fraction of sp³-hybridized carbons (Fsp3) is 0.333. The molecular formula is C12H14N2O2S. The van der Waals surface area contributed by atoms with Crippen LogP contribution in [-0.2, 0) is 11.3 Å². The van der Waals surface area contributed by atoms with E-state index in [9.17, 15) is 0 Å². The summed E-state index contributed by atoms with van der Waals surface area (Å²) in [4.78, 5) is 9.80. The molecule has 90 valence electrons. The molecule has 0 aliphatic carbocycles. The smallest absolute Gasteiger partial charge is 0.155 e. The van der Waals surface area contributed by atoms with Crippen LogP contribution in [0.15, 0.2) is 32.7 Å². The Balaban J connectivity index is 2.23. The lowest BCUT2D eigenvalue weighted by Gasteiger charge is -2.04. The fourth-order valence-corrected chi connectivity index (χ4v) is 2.36. The third kappa shape index (κ3) is 3.08. The summed E-state index contributed by atoms with van der Waals surface area (Å²) in [5.74, 6) is 1.61. The Labute approximate surface area is 104 Å². The van der Waals surface area contributed by atoms with Crippen molar-refractivity contribution in [2.24, 2.45) is 0 Å². The second-order valence-corrected chi connectivity index (χ2v) is 4.70. The predicted molar refractivity (Wildman–Crippen MR) is 65.1 cm³/mol. The average molecular weight is 250 g/mol. The molecule has 0 N–H and O–H groups in total. The van der Waals surface area contributed by atoms with E-state index in [2.05, 4.69) is 9.97 Å². The summed E-state index contributed by atoms with van der Waals surface area (Å²) in [6.45, 7) is 4.32. The van der Waals surface area contributed by atoms with Gasteiger partial charge in [0.2, 0.25) is 0 Å². The van der Waals surface area contributed by atoms with Crippen LogP contribution in [0, 0.1) is 13.8 Å². The van der Waals surface area contributed by atoms with Gasteiger partial charge in [0.05, 0.1) is 11.2 Å². The van der Waals surface area contributed by atoms with Crippen LogP contribution in [-0.4, -0.2) is 17.1 Å². The molecule has 0 radical (unpaired) electrons. The van der Waals surface area contributed by atoms with Crippen LogP contribution in [0.1, 0.15) is 17.3 Å². The molecular weight excluding hydrogens is 236 g/mol. The van der Waals surface area contributed by atoms with Crippen molar-refractivity contribution in [3.05, 3.63) is 35.7 Å². The Morgan fingerprint density at radius 2 is 2.18 bits per heavy atom. The third-order valence-electron chi connectivity index (χ3n) is 2.18. The molecule has 0 saturated heterocycles. The second-order valence-electron chi connectivity index (χ2n) is 3.64. The molecule has 2 aromatic heterocycles. The number of hydrogen-bond donors (Lipinski definition) is 0. The van der Waals surface area contributed by atoms with Gasteiger partial charge in [0.15, 0.2) is 5.82 Å². The van der Waals surface area contributed by atoms with Crippen molar-refractivity contribution in [3.8, 4) is 0 Å². The molecule has 2 rings (SSSR count). The molecule has 0 amide bonds. The largest absolute Gasteiger partial charge is 0.468 e. The molecule has 4 nitrogen and oxygen atoms in total. The second kappa shape index (κ2) is 5.33. The SMILES string of the molecule is COCc1nc(C)cc(Sc2ccoc2C)n1. The van der Waals surface area contributed by atoms with Crippen molar-refractivity contribution in [1.29, 1.82) is 0 Å². The van der Waals surface area contributed by atoms with Gasteiger partial charge in [0.25, 0.3) is 0 Å². The van der Waals surface area contributed by atoms with E-state index in [-0.39, 0.29) is 0 Å². The van der Waals surface area contributed by atoms with E-state index in [1.807, 2.05) is 26.0 Å². The van der Waals surface area contributed by atoms with Crippen LogP contribution in [0.2, 0.25) is 0 Å². The monoisotopic (exact) mass is 250 g/mol. The van der Waals surface area contributed by atoms with Gasteiger partial charge in [0, 0.05) is 12.8 Å². The highest BCUT2D eigenvalue weighted by Crippen LogP contribution is 2.29. The lowest BCUT2D eigenvalue weighted by atomic mass is 10.4. The van der Waals surface area contributed by atoms with Gasteiger partial charge in [-0.1, -0.05) is 11.8 Å². The Hall–Kier alpha value is -1.33. The van der Waals surface area contributed by atoms with E-state index in [1.54, 1.807) is 25.1 Å². The standard InChI is InChI=1S/C12H14N2O2S/c1-8-6-12(14-11(13-8)7-15-3)17-10-4-5-16-9(10)2/h4-6H,7H2,1-3H3. The average Bonchev–Trinajstić information content (AvgIpc) is 2.64. The highest BCUT2D eigenvalue weighted by atomic mass is 32.2. The highest BCUT2D eigenvalue weighted by molar-refractivity contribution is 7.99. The van der Waals surface area contributed by atoms with Crippen molar-refractivity contribution >= 4 is 11.8 Å². The van der Waals surface area contributed by atoms with E-state index in [0.29, 0.717) is 12.4 Å². The maximum absolute atomic E-state index is 5.26. The van der Waals surface area contributed by atoms with Crippen molar-refractivity contribution in [2.75, 3.05) is 7.11 Å². The van der Waals surface area contributed by atoms with Crippen LogP contribution >= 0.6 is 11.8 Å². The molecule has 0 spiro atoms. The van der Waals surface area contributed by atoms with Crippen molar-refractivity contribution in [3.63, 3.8) is 0 Å². The number of aryl methyl sites for hydroxylation is 2. The van der Waals surface area contributed by atoms with Gasteiger partial charge in [0.1, 0.15) is 17.4 Å². The lowest BCUT2D eigenvalue weighted by molar-refractivity contribution is 0.177. The lowest BCUT2D eigenvalue weighted by Crippen LogP contribution is -1.99. The normalized spacial score (nSPS) is 10.8. The van der Waals surface area contributed by atoms with Crippen LogP contribution in [0.25, 0.3) is 0 Å². The zero-order valence-corrected chi connectivity index (χ0v) is 10.9. The number of ether oxygens (including phenoxy) is 1. The summed E-state index contributed by atoms with van der Waals surface area (Å²) in [5.41, 5.74) is 0.940. The number of methoxy groups -OCH3 is 1. The number of rotatable bonds is 4. The molecule has 0 aromatic carbocycles. The first-order valence-corrected chi connectivity index (χ1v) is 6.06. The molecule has 2 aromatic rings. The van der Waals surface area contributed by atoms with Crippen LogP contribution in [0.5, 0.6) is 0 Å². The molecule has 0 unspecified atom stereocenters. The molecule has 0 saturated carbocycles. The van der Waals surface area contributed by atoms with Crippen molar-refractivity contribution in [2.45, 2.75) is 30.4 Å².